The van der Waals surface area contributed by atoms with Gasteiger partial charge >= 0.3 is 0 Å². The van der Waals surface area contributed by atoms with Crippen LogP contribution in [0.4, 0.5) is 10.1 Å². The van der Waals surface area contributed by atoms with E-state index in [1.54, 1.807) is 24.3 Å². The molecular formula is C14H13ClFNO2S. The van der Waals surface area contributed by atoms with E-state index in [1.807, 2.05) is 0 Å². The molecule has 1 unspecified atom stereocenters. The average molecular weight is 314 g/mol. The molecule has 0 amide bonds. The number of hydrogen-bond donors (Lipinski definition) is 1. The van der Waals surface area contributed by atoms with E-state index in [4.69, 9.17) is 22.1 Å². The summed E-state index contributed by atoms with van der Waals surface area (Å²) in [5, 5.41) is 0.0121. The van der Waals surface area contributed by atoms with Crippen molar-refractivity contribution >= 4 is 28.1 Å². The highest BCUT2D eigenvalue weighted by molar-refractivity contribution is 7.84. The molecule has 6 heteroatoms. The number of methoxy groups -OCH3 is 1. The first-order chi connectivity index (χ1) is 9.51. The van der Waals surface area contributed by atoms with Crippen molar-refractivity contribution < 1.29 is 13.3 Å². The molecule has 0 saturated heterocycles. The first-order valence-corrected chi connectivity index (χ1v) is 7.46. The smallest absolute Gasteiger partial charge is 0.141 e. The van der Waals surface area contributed by atoms with Crippen molar-refractivity contribution in [1.82, 2.24) is 0 Å². The van der Waals surface area contributed by atoms with E-state index in [0.717, 1.165) is 0 Å². The summed E-state index contributed by atoms with van der Waals surface area (Å²) in [6, 6.07) is 9.25. The largest absolute Gasteiger partial charge is 0.497 e. The molecule has 20 heavy (non-hydrogen) atoms. The summed E-state index contributed by atoms with van der Waals surface area (Å²) < 4.78 is 30.5. The first kappa shape index (κ1) is 14.8. The van der Waals surface area contributed by atoms with Crippen LogP contribution in [0.15, 0.2) is 41.3 Å². The molecule has 2 N–H and O–H groups in total. The van der Waals surface area contributed by atoms with Crippen molar-refractivity contribution in [3.63, 3.8) is 0 Å². The fraction of sp³-hybridized carbons (Fsp3) is 0.143. The summed E-state index contributed by atoms with van der Waals surface area (Å²) in [5.74, 6) is 0.291. The predicted octanol–water partition coefficient (Wildman–Crippen LogP) is 3.38. The Morgan fingerprint density at radius 1 is 1.30 bits per heavy atom. The standard InChI is InChI=1S/C14H13ClFNO2S/c1-19-10-3-5-13(17)14(7-10)20(18)8-9-2-4-12(16)11(15)6-9/h2-7H,8,17H2,1H3. The minimum atomic E-state index is -1.36. The topological polar surface area (TPSA) is 52.3 Å². The van der Waals surface area contributed by atoms with E-state index < -0.39 is 16.6 Å². The minimum Gasteiger partial charge on any atom is -0.497 e. The lowest BCUT2D eigenvalue weighted by Crippen LogP contribution is -2.02. The van der Waals surface area contributed by atoms with Gasteiger partial charge in [-0.1, -0.05) is 17.7 Å². The zero-order chi connectivity index (χ0) is 14.7. The van der Waals surface area contributed by atoms with Crippen LogP contribution in [0.25, 0.3) is 0 Å². The summed E-state index contributed by atoms with van der Waals surface area (Å²) in [7, 11) is 0.167. The third kappa shape index (κ3) is 3.29. The Balaban J connectivity index is 2.25. The Bertz CT molecular complexity index is 664. The maximum Gasteiger partial charge on any atom is 0.141 e. The van der Waals surface area contributed by atoms with Gasteiger partial charge in [-0.2, -0.15) is 0 Å². The van der Waals surface area contributed by atoms with Crippen LogP contribution in [-0.2, 0) is 16.6 Å². The van der Waals surface area contributed by atoms with Crippen LogP contribution in [-0.4, -0.2) is 11.3 Å². The lowest BCUT2D eigenvalue weighted by molar-refractivity contribution is 0.413. The zero-order valence-electron chi connectivity index (χ0n) is 10.7. The molecule has 3 nitrogen and oxygen atoms in total. The number of anilines is 1. The van der Waals surface area contributed by atoms with Gasteiger partial charge in [0.1, 0.15) is 11.6 Å². The molecule has 2 rings (SSSR count). The number of hydrogen-bond acceptors (Lipinski definition) is 3. The van der Waals surface area contributed by atoms with E-state index in [1.165, 1.54) is 19.2 Å². The SMILES string of the molecule is COc1ccc(N)c(S(=O)Cc2ccc(F)c(Cl)c2)c1. The van der Waals surface area contributed by atoms with Crippen LogP contribution < -0.4 is 10.5 Å². The number of benzene rings is 2. The number of halogens is 2. The van der Waals surface area contributed by atoms with Crippen molar-refractivity contribution in [2.45, 2.75) is 10.6 Å². The molecule has 0 spiro atoms. The summed E-state index contributed by atoms with van der Waals surface area (Å²) in [5.41, 5.74) is 6.92. The molecule has 0 aliphatic heterocycles. The van der Waals surface area contributed by atoms with Gasteiger partial charge in [0.25, 0.3) is 0 Å². The summed E-state index contributed by atoms with van der Waals surface area (Å²) in [6.45, 7) is 0. The van der Waals surface area contributed by atoms with Crippen LogP contribution in [0.5, 0.6) is 5.75 Å². The molecule has 2 aromatic rings. The molecule has 1 atom stereocenters. The molecule has 0 radical (unpaired) electrons. The van der Waals surface area contributed by atoms with Crippen molar-refractivity contribution in [3.05, 3.63) is 52.8 Å². The van der Waals surface area contributed by atoms with Gasteiger partial charge in [-0.25, -0.2) is 4.39 Å². The van der Waals surface area contributed by atoms with Gasteiger partial charge in [0, 0.05) is 5.69 Å². The molecule has 0 fully saturated rings. The monoisotopic (exact) mass is 313 g/mol. The maximum atomic E-state index is 13.1. The second-order valence-corrected chi connectivity index (χ2v) is 5.97. The van der Waals surface area contributed by atoms with E-state index in [9.17, 15) is 8.60 Å². The normalized spacial score (nSPS) is 12.2. The van der Waals surface area contributed by atoms with E-state index in [-0.39, 0.29) is 10.8 Å². The van der Waals surface area contributed by atoms with Crippen LogP contribution in [0, 0.1) is 5.82 Å². The lowest BCUT2D eigenvalue weighted by atomic mass is 10.2. The van der Waals surface area contributed by atoms with E-state index in [2.05, 4.69) is 0 Å². The van der Waals surface area contributed by atoms with Crippen molar-refractivity contribution in [1.29, 1.82) is 0 Å². The van der Waals surface area contributed by atoms with Crippen molar-refractivity contribution in [3.8, 4) is 5.75 Å². The van der Waals surface area contributed by atoms with Crippen LogP contribution in [0.1, 0.15) is 5.56 Å². The molecular weight excluding hydrogens is 301 g/mol. The van der Waals surface area contributed by atoms with Gasteiger partial charge < -0.3 is 10.5 Å². The quantitative estimate of drug-likeness (QED) is 0.880. The highest BCUT2D eigenvalue weighted by atomic mass is 35.5. The Labute approximate surface area is 124 Å². The third-order valence-corrected chi connectivity index (χ3v) is 4.48. The Kier molecular flexibility index (Phi) is 4.62. The van der Waals surface area contributed by atoms with Gasteiger partial charge in [0.2, 0.25) is 0 Å². The minimum absolute atomic E-state index is 0.0121. The second-order valence-electron chi connectivity index (χ2n) is 4.14. The fourth-order valence-corrected chi connectivity index (χ4v) is 3.12. The van der Waals surface area contributed by atoms with E-state index >= 15 is 0 Å². The zero-order valence-corrected chi connectivity index (χ0v) is 12.3. The Morgan fingerprint density at radius 2 is 2.05 bits per heavy atom. The second kappa shape index (κ2) is 6.24. The Hall–Kier alpha value is -1.59. The Morgan fingerprint density at radius 3 is 2.70 bits per heavy atom. The first-order valence-electron chi connectivity index (χ1n) is 5.77. The maximum absolute atomic E-state index is 13.1. The number of ether oxygens (including phenoxy) is 1. The van der Waals surface area contributed by atoms with Crippen LogP contribution in [0.3, 0.4) is 0 Å². The molecule has 0 bridgehead atoms. The molecule has 2 aromatic carbocycles. The molecule has 0 aliphatic carbocycles. The van der Waals surface area contributed by atoms with Gasteiger partial charge in [0.15, 0.2) is 0 Å². The van der Waals surface area contributed by atoms with Crippen LogP contribution >= 0.6 is 11.6 Å². The molecule has 106 valence electrons. The van der Waals surface area contributed by atoms with Crippen molar-refractivity contribution in [2.24, 2.45) is 0 Å². The fourth-order valence-electron chi connectivity index (χ4n) is 1.70. The average Bonchev–Trinajstić information content (AvgIpc) is 2.43. The van der Waals surface area contributed by atoms with Gasteiger partial charge in [-0.05, 0) is 35.9 Å². The van der Waals surface area contributed by atoms with Gasteiger partial charge in [-0.3, -0.25) is 4.21 Å². The summed E-state index contributed by atoms with van der Waals surface area (Å²) >= 11 is 5.70. The highest BCUT2D eigenvalue weighted by Gasteiger charge is 2.11. The van der Waals surface area contributed by atoms with E-state index in [0.29, 0.717) is 21.9 Å². The highest BCUT2D eigenvalue weighted by Crippen LogP contribution is 2.25. The number of rotatable bonds is 4. The molecule has 0 saturated carbocycles. The number of nitrogens with two attached hydrogens (primary N) is 1. The van der Waals surface area contributed by atoms with Crippen LogP contribution in [0.2, 0.25) is 5.02 Å². The van der Waals surface area contributed by atoms with Gasteiger partial charge in [0.05, 0.1) is 33.6 Å². The molecule has 0 aromatic heterocycles. The predicted molar refractivity (Wildman–Crippen MR) is 78.9 cm³/mol. The van der Waals surface area contributed by atoms with Crippen molar-refractivity contribution in [2.75, 3.05) is 12.8 Å². The van der Waals surface area contributed by atoms with Gasteiger partial charge in [-0.15, -0.1) is 0 Å². The lowest BCUT2D eigenvalue weighted by Gasteiger charge is -2.08. The molecule has 0 aliphatic rings. The molecule has 0 heterocycles. The third-order valence-electron chi connectivity index (χ3n) is 2.75. The summed E-state index contributed by atoms with van der Waals surface area (Å²) in [4.78, 5) is 0.491. The summed E-state index contributed by atoms with van der Waals surface area (Å²) in [6.07, 6.45) is 0. The number of nitrogen functional groups attached to an aromatic ring is 1.